The summed E-state index contributed by atoms with van der Waals surface area (Å²) >= 11 is 7.90. The van der Waals surface area contributed by atoms with Gasteiger partial charge in [-0.3, -0.25) is 0 Å². The molecule has 1 aromatic rings. The number of nitrogens with one attached hydrogen (secondary N) is 1. The van der Waals surface area contributed by atoms with Gasteiger partial charge in [0.1, 0.15) is 5.03 Å². The molecule has 0 saturated heterocycles. The van der Waals surface area contributed by atoms with Crippen LogP contribution in [0.2, 0.25) is 5.02 Å². The second-order valence-electron chi connectivity index (χ2n) is 4.89. The van der Waals surface area contributed by atoms with E-state index in [1.54, 1.807) is 11.8 Å². The van der Waals surface area contributed by atoms with Crippen LogP contribution in [0.25, 0.3) is 0 Å². The Morgan fingerprint density at radius 2 is 2.22 bits per heavy atom. The van der Waals surface area contributed by atoms with E-state index in [0.29, 0.717) is 6.04 Å². The Morgan fingerprint density at radius 3 is 2.89 bits per heavy atom. The topological polar surface area (TPSA) is 24.9 Å². The zero-order valence-corrected chi connectivity index (χ0v) is 12.4. The van der Waals surface area contributed by atoms with Crippen LogP contribution < -0.4 is 5.32 Å². The molecule has 0 spiro atoms. The second kappa shape index (κ2) is 7.37. The Labute approximate surface area is 119 Å². The van der Waals surface area contributed by atoms with Gasteiger partial charge < -0.3 is 5.32 Å². The van der Waals surface area contributed by atoms with Crippen molar-refractivity contribution in [2.75, 3.05) is 12.8 Å². The predicted octanol–water partition coefficient (Wildman–Crippen LogP) is 4.00. The zero-order chi connectivity index (χ0) is 12.8. The van der Waals surface area contributed by atoms with E-state index in [1.165, 1.54) is 32.1 Å². The van der Waals surface area contributed by atoms with Gasteiger partial charge in [0.05, 0.1) is 5.02 Å². The van der Waals surface area contributed by atoms with E-state index < -0.39 is 0 Å². The highest BCUT2D eigenvalue weighted by Gasteiger charge is 2.22. The lowest BCUT2D eigenvalue weighted by Gasteiger charge is -2.29. The van der Waals surface area contributed by atoms with E-state index in [2.05, 4.69) is 17.3 Å². The van der Waals surface area contributed by atoms with Crippen molar-refractivity contribution >= 4 is 23.4 Å². The first-order chi connectivity index (χ1) is 8.81. The van der Waals surface area contributed by atoms with Gasteiger partial charge in [0.25, 0.3) is 0 Å². The number of hydrogen-bond donors (Lipinski definition) is 1. The average molecular weight is 285 g/mol. The van der Waals surface area contributed by atoms with E-state index in [1.807, 2.05) is 18.3 Å². The number of pyridine rings is 1. The molecule has 2 nitrogen and oxygen atoms in total. The highest BCUT2D eigenvalue weighted by atomic mass is 35.5. The minimum atomic E-state index is 0.577. The van der Waals surface area contributed by atoms with Gasteiger partial charge in [-0.25, -0.2) is 4.98 Å². The summed E-state index contributed by atoms with van der Waals surface area (Å²) in [6, 6.07) is 4.36. The van der Waals surface area contributed by atoms with Crippen LogP contribution in [0.1, 0.15) is 32.1 Å². The molecule has 1 saturated carbocycles. The van der Waals surface area contributed by atoms with E-state index in [4.69, 9.17) is 11.6 Å². The highest BCUT2D eigenvalue weighted by molar-refractivity contribution is 7.99. The first-order valence-corrected chi connectivity index (χ1v) is 8.08. The van der Waals surface area contributed by atoms with Crippen molar-refractivity contribution in [3.63, 3.8) is 0 Å². The lowest BCUT2D eigenvalue weighted by molar-refractivity contribution is 0.294. The molecule has 2 rings (SSSR count). The van der Waals surface area contributed by atoms with Gasteiger partial charge in [-0.05, 0) is 37.9 Å². The smallest absolute Gasteiger partial charge is 0.115 e. The molecule has 1 unspecified atom stereocenters. The van der Waals surface area contributed by atoms with Gasteiger partial charge in [0, 0.05) is 18.0 Å². The van der Waals surface area contributed by atoms with Crippen LogP contribution in [0.3, 0.4) is 0 Å². The molecular weight excluding hydrogens is 264 g/mol. The summed E-state index contributed by atoms with van der Waals surface area (Å²) in [7, 11) is 2.07. The molecule has 0 amide bonds. The summed E-state index contributed by atoms with van der Waals surface area (Å²) in [5, 5.41) is 5.19. The minimum Gasteiger partial charge on any atom is -0.316 e. The molecule has 0 aromatic carbocycles. The lowest BCUT2D eigenvalue weighted by Crippen LogP contribution is -2.36. The quantitative estimate of drug-likeness (QED) is 0.828. The monoisotopic (exact) mass is 284 g/mol. The van der Waals surface area contributed by atoms with E-state index in [-0.39, 0.29) is 0 Å². The molecule has 0 bridgehead atoms. The van der Waals surface area contributed by atoms with Gasteiger partial charge in [-0.2, -0.15) is 0 Å². The van der Waals surface area contributed by atoms with Crippen molar-refractivity contribution in [3.05, 3.63) is 23.4 Å². The van der Waals surface area contributed by atoms with Crippen LogP contribution >= 0.6 is 23.4 Å². The maximum Gasteiger partial charge on any atom is 0.115 e. The van der Waals surface area contributed by atoms with E-state index >= 15 is 0 Å². The van der Waals surface area contributed by atoms with Crippen molar-refractivity contribution in [1.82, 2.24) is 10.3 Å². The molecule has 1 aromatic heterocycles. The van der Waals surface area contributed by atoms with Crippen molar-refractivity contribution < 1.29 is 0 Å². The molecule has 0 aliphatic heterocycles. The first kappa shape index (κ1) is 14.2. The Balaban J connectivity index is 1.88. The molecule has 1 aliphatic rings. The summed E-state index contributed by atoms with van der Waals surface area (Å²) in [4.78, 5) is 4.33. The standard InChI is InChI=1S/C14H21ClN2S/c1-16-13(11-6-3-2-4-7-11)10-18-14-12(15)8-5-9-17-14/h5,8-9,11,13,16H,2-4,6-7,10H2,1H3. The summed E-state index contributed by atoms with van der Waals surface area (Å²) in [6.45, 7) is 0. The Bertz CT molecular complexity index is 367. The highest BCUT2D eigenvalue weighted by Crippen LogP contribution is 2.30. The molecule has 4 heteroatoms. The number of aromatic nitrogens is 1. The van der Waals surface area contributed by atoms with E-state index in [9.17, 15) is 0 Å². The molecule has 1 aliphatic carbocycles. The van der Waals surface area contributed by atoms with Crippen LogP contribution in [0, 0.1) is 5.92 Å². The second-order valence-corrected chi connectivity index (χ2v) is 6.31. The van der Waals surface area contributed by atoms with Gasteiger partial charge in [-0.1, -0.05) is 30.9 Å². The number of halogens is 1. The largest absolute Gasteiger partial charge is 0.316 e. The summed E-state index contributed by atoms with van der Waals surface area (Å²) in [5.74, 6) is 1.87. The number of thioether (sulfide) groups is 1. The number of hydrogen-bond acceptors (Lipinski definition) is 3. The Hall–Kier alpha value is -0.250. The van der Waals surface area contributed by atoms with Gasteiger partial charge >= 0.3 is 0 Å². The van der Waals surface area contributed by atoms with Crippen molar-refractivity contribution in [1.29, 1.82) is 0 Å². The predicted molar refractivity (Wildman–Crippen MR) is 79.4 cm³/mol. The number of rotatable bonds is 5. The zero-order valence-electron chi connectivity index (χ0n) is 10.9. The third-order valence-electron chi connectivity index (χ3n) is 3.71. The van der Waals surface area contributed by atoms with Crippen molar-refractivity contribution in [2.24, 2.45) is 5.92 Å². The van der Waals surface area contributed by atoms with Gasteiger partial charge in [0.15, 0.2) is 0 Å². The average Bonchev–Trinajstić information content (AvgIpc) is 2.42. The molecule has 100 valence electrons. The fourth-order valence-corrected chi connectivity index (χ4v) is 4.04. The van der Waals surface area contributed by atoms with Crippen molar-refractivity contribution in [3.8, 4) is 0 Å². The number of nitrogens with zero attached hydrogens (tertiary/aromatic N) is 1. The Morgan fingerprint density at radius 1 is 1.44 bits per heavy atom. The normalized spacial score (nSPS) is 18.8. The molecular formula is C14H21ClN2S. The maximum absolute atomic E-state index is 6.13. The third-order valence-corrected chi connectivity index (χ3v) is 5.26. The fraction of sp³-hybridized carbons (Fsp3) is 0.643. The Kier molecular flexibility index (Phi) is 5.80. The molecule has 0 radical (unpaired) electrons. The molecule has 18 heavy (non-hydrogen) atoms. The molecule has 1 fully saturated rings. The maximum atomic E-state index is 6.13. The SMILES string of the molecule is CNC(CSc1ncccc1Cl)C1CCCCC1. The van der Waals surface area contributed by atoms with E-state index in [0.717, 1.165) is 21.7 Å². The summed E-state index contributed by atoms with van der Waals surface area (Å²) in [5.41, 5.74) is 0. The van der Waals surface area contributed by atoms with Crippen LogP contribution in [-0.4, -0.2) is 23.8 Å². The minimum absolute atomic E-state index is 0.577. The first-order valence-electron chi connectivity index (χ1n) is 6.72. The van der Waals surface area contributed by atoms with Gasteiger partial charge in [0.2, 0.25) is 0 Å². The molecule has 1 N–H and O–H groups in total. The van der Waals surface area contributed by atoms with Crippen LogP contribution in [0.15, 0.2) is 23.4 Å². The van der Waals surface area contributed by atoms with Crippen LogP contribution in [0.4, 0.5) is 0 Å². The fourth-order valence-electron chi connectivity index (χ4n) is 2.64. The molecule has 1 heterocycles. The third kappa shape index (κ3) is 3.87. The lowest BCUT2D eigenvalue weighted by atomic mass is 9.84. The summed E-state index contributed by atoms with van der Waals surface area (Å²) < 4.78 is 0. The van der Waals surface area contributed by atoms with Crippen LogP contribution in [0.5, 0.6) is 0 Å². The molecule has 1 atom stereocenters. The van der Waals surface area contributed by atoms with Crippen molar-refractivity contribution in [2.45, 2.75) is 43.2 Å². The van der Waals surface area contributed by atoms with Gasteiger partial charge in [-0.15, -0.1) is 11.8 Å². The summed E-state index contributed by atoms with van der Waals surface area (Å²) in [6.07, 6.45) is 8.72. The van der Waals surface area contributed by atoms with Crippen LogP contribution in [-0.2, 0) is 0 Å².